The van der Waals surface area contributed by atoms with Crippen molar-refractivity contribution in [2.45, 2.75) is 32.1 Å². The minimum absolute atomic E-state index is 0.150. The Kier molecular flexibility index (Phi) is 3.75. The first-order chi connectivity index (χ1) is 6.92. The standard InChI is InChI=1S/C12H15ClO2/c1-12(2,7-6-11(14)15)9-4-3-5-10(13)8-9/h3-5,8H,6-7H2,1-2H3,(H,14,15). The lowest BCUT2D eigenvalue weighted by atomic mass is 9.80. The quantitative estimate of drug-likeness (QED) is 0.854. The number of halogens is 1. The number of rotatable bonds is 4. The second kappa shape index (κ2) is 4.67. The van der Waals surface area contributed by atoms with Gasteiger partial charge in [-0.05, 0) is 29.5 Å². The number of benzene rings is 1. The molecule has 0 fully saturated rings. The molecule has 0 bridgehead atoms. The Morgan fingerprint density at radius 3 is 2.67 bits per heavy atom. The Hall–Kier alpha value is -1.02. The van der Waals surface area contributed by atoms with Gasteiger partial charge in [-0.15, -0.1) is 0 Å². The highest BCUT2D eigenvalue weighted by Gasteiger charge is 2.21. The van der Waals surface area contributed by atoms with Crippen molar-refractivity contribution in [1.29, 1.82) is 0 Å². The van der Waals surface area contributed by atoms with Crippen LogP contribution in [0.3, 0.4) is 0 Å². The zero-order chi connectivity index (χ0) is 11.5. The van der Waals surface area contributed by atoms with Crippen molar-refractivity contribution >= 4 is 17.6 Å². The molecule has 0 aliphatic heterocycles. The van der Waals surface area contributed by atoms with Crippen LogP contribution in [0.15, 0.2) is 24.3 Å². The third-order valence-corrected chi connectivity index (χ3v) is 2.81. The maximum atomic E-state index is 10.5. The summed E-state index contributed by atoms with van der Waals surface area (Å²) in [5.41, 5.74) is 0.930. The van der Waals surface area contributed by atoms with E-state index in [0.717, 1.165) is 5.56 Å². The van der Waals surface area contributed by atoms with Gasteiger partial charge < -0.3 is 5.11 Å². The molecule has 0 aromatic heterocycles. The van der Waals surface area contributed by atoms with Gasteiger partial charge in [0.15, 0.2) is 0 Å². The zero-order valence-electron chi connectivity index (χ0n) is 8.96. The van der Waals surface area contributed by atoms with Crippen LogP contribution < -0.4 is 0 Å². The van der Waals surface area contributed by atoms with Gasteiger partial charge in [0.25, 0.3) is 0 Å². The molecule has 0 atom stereocenters. The molecule has 15 heavy (non-hydrogen) atoms. The normalized spacial score (nSPS) is 11.4. The second-order valence-corrected chi connectivity index (χ2v) is 4.72. The van der Waals surface area contributed by atoms with E-state index in [1.807, 2.05) is 38.1 Å². The van der Waals surface area contributed by atoms with Crippen LogP contribution in [-0.2, 0) is 10.2 Å². The van der Waals surface area contributed by atoms with Gasteiger partial charge >= 0.3 is 5.97 Å². The monoisotopic (exact) mass is 226 g/mol. The Bertz CT molecular complexity index is 358. The molecule has 0 aliphatic rings. The average molecular weight is 227 g/mol. The molecule has 0 amide bonds. The summed E-state index contributed by atoms with van der Waals surface area (Å²) in [6, 6.07) is 7.58. The summed E-state index contributed by atoms with van der Waals surface area (Å²) in [7, 11) is 0. The molecule has 3 heteroatoms. The maximum absolute atomic E-state index is 10.5. The van der Waals surface area contributed by atoms with Crippen molar-refractivity contribution in [3.05, 3.63) is 34.9 Å². The maximum Gasteiger partial charge on any atom is 0.303 e. The second-order valence-electron chi connectivity index (χ2n) is 4.29. The van der Waals surface area contributed by atoms with Gasteiger partial charge in [0.2, 0.25) is 0 Å². The predicted molar refractivity (Wildman–Crippen MR) is 61.3 cm³/mol. The van der Waals surface area contributed by atoms with E-state index in [2.05, 4.69) is 0 Å². The highest BCUT2D eigenvalue weighted by Crippen LogP contribution is 2.29. The van der Waals surface area contributed by atoms with Gasteiger partial charge in [-0.1, -0.05) is 37.6 Å². The molecule has 1 N–H and O–H groups in total. The summed E-state index contributed by atoms with van der Waals surface area (Å²) in [5.74, 6) is -0.759. The number of carboxylic acid groups (broad SMARTS) is 1. The van der Waals surface area contributed by atoms with Crippen molar-refractivity contribution in [3.8, 4) is 0 Å². The molecule has 82 valence electrons. The Morgan fingerprint density at radius 1 is 1.47 bits per heavy atom. The Morgan fingerprint density at radius 2 is 2.13 bits per heavy atom. The number of carboxylic acids is 1. The van der Waals surface area contributed by atoms with E-state index in [1.54, 1.807) is 0 Å². The van der Waals surface area contributed by atoms with E-state index in [1.165, 1.54) is 0 Å². The molecule has 1 aromatic carbocycles. The van der Waals surface area contributed by atoms with E-state index in [9.17, 15) is 4.79 Å². The first kappa shape index (κ1) is 12.1. The number of hydrogen-bond donors (Lipinski definition) is 1. The lowest BCUT2D eigenvalue weighted by Gasteiger charge is -2.24. The highest BCUT2D eigenvalue weighted by atomic mass is 35.5. The topological polar surface area (TPSA) is 37.3 Å². The average Bonchev–Trinajstić information content (AvgIpc) is 2.15. The molecular formula is C12H15ClO2. The number of aliphatic carboxylic acids is 1. The summed E-state index contributed by atoms with van der Waals surface area (Å²) in [5, 5.41) is 9.34. The van der Waals surface area contributed by atoms with Crippen LogP contribution in [0.25, 0.3) is 0 Å². The first-order valence-electron chi connectivity index (χ1n) is 4.90. The van der Waals surface area contributed by atoms with E-state index in [0.29, 0.717) is 11.4 Å². The molecular weight excluding hydrogens is 212 g/mol. The molecule has 0 saturated heterocycles. The van der Waals surface area contributed by atoms with Crippen LogP contribution in [0.4, 0.5) is 0 Å². The van der Waals surface area contributed by atoms with E-state index in [-0.39, 0.29) is 11.8 Å². The lowest BCUT2D eigenvalue weighted by molar-refractivity contribution is -0.137. The Labute approximate surface area is 94.9 Å². The molecule has 0 saturated carbocycles. The van der Waals surface area contributed by atoms with Crippen LogP contribution in [-0.4, -0.2) is 11.1 Å². The van der Waals surface area contributed by atoms with Crippen LogP contribution >= 0.6 is 11.6 Å². The van der Waals surface area contributed by atoms with Crippen molar-refractivity contribution in [1.82, 2.24) is 0 Å². The zero-order valence-corrected chi connectivity index (χ0v) is 9.71. The van der Waals surface area contributed by atoms with Gasteiger partial charge in [-0.25, -0.2) is 0 Å². The first-order valence-corrected chi connectivity index (χ1v) is 5.27. The number of hydrogen-bond acceptors (Lipinski definition) is 1. The molecule has 1 aromatic rings. The summed E-state index contributed by atoms with van der Waals surface area (Å²) in [6.45, 7) is 4.06. The minimum atomic E-state index is -0.759. The fourth-order valence-electron chi connectivity index (χ4n) is 1.47. The Balaban J connectivity index is 2.80. The van der Waals surface area contributed by atoms with Gasteiger partial charge in [-0.3, -0.25) is 4.79 Å². The number of carbonyl (C=O) groups is 1. The van der Waals surface area contributed by atoms with E-state index < -0.39 is 5.97 Å². The van der Waals surface area contributed by atoms with Gasteiger partial charge in [-0.2, -0.15) is 0 Å². The van der Waals surface area contributed by atoms with Crippen LogP contribution in [0.2, 0.25) is 5.02 Å². The van der Waals surface area contributed by atoms with Crippen molar-refractivity contribution in [2.24, 2.45) is 0 Å². The molecule has 0 heterocycles. The van der Waals surface area contributed by atoms with Crippen LogP contribution in [0.1, 0.15) is 32.3 Å². The molecule has 0 aliphatic carbocycles. The minimum Gasteiger partial charge on any atom is -0.481 e. The van der Waals surface area contributed by atoms with Gasteiger partial charge in [0, 0.05) is 11.4 Å². The van der Waals surface area contributed by atoms with Crippen LogP contribution in [0.5, 0.6) is 0 Å². The van der Waals surface area contributed by atoms with Crippen molar-refractivity contribution in [3.63, 3.8) is 0 Å². The third kappa shape index (κ3) is 3.56. The summed E-state index contributed by atoms with van der Waals surface area (Å²) < 4.78 is 0. The van der Waals surface area contributed by atoms with Gasteiger partial charge in [0.05, 0.1) is 0 Å². The van der Waals surface area contributed by atoms with Crippen molar-refractivity contribution < 1.29 is 9.90 Å². The lowest BCUT2D eigenvalue weighted by Crippen LogP contribution is -2.18. The van der Waals surface area contributed by atoms with Crippen LogP contribution in [0, 0.1) is 0 Å². The largest absolute Gasteiger partial charge is 0.481 e. The summed E-state index contributed by atoms with van der Waals surface area (Å²) >= 11 is 5.90. The fourth-order valence-corrected chi connectivity index (χ4v) is 1.66. The predicted octanol–water partition coefficient (Wildman–Crippen LogP) is 3.48. The highest BCUT2D eigenvalue weighted by molar-refractivity contribution is 6.30. The summed E-state index contributed by atoms with van der Waals surface area (Å²) in [6.07, 6.45) is 0.794. The van der Waals surface area contributed by atoms with Gasteiger partial charge in [0.1, 0.15) is 0 Å². The molecule has 0 spiro atoms. The molecule has 1 rings (SSSR count). The van der Waals surface area contributed by atoms with E-state index >= 15 is 0 Å². The van der Waals surface area contributed by atoms with E-state index in [4.69, 9.17) is 16.7 Å². The fraction of sp³-hybridized carbons (Fsp3) is 0.417. The SMILES string of the molecule is CC(C)(CCC(=O)O)c1cccc(Cl)c1. The molecule has 0 unspecified atom stereocenters. The third-order valence-electron chi connectivity index (χ3n) is 2.57. The smallest absolute Gasteiger partial charge is 0.303 e. The van der Waals surface area contributed by atoms with Crippen molar-refractivity contribution in [2.75, 3.05) is 0 Å². The molecule has 0 radical (unpaired) electrons. The summed E-state index contributed by atoms with van der Waals surface area (Å²) in [4.78, 5) is 10.5. The molecule has 2 nitrogen and oxygen atoms in total.